The summed E-state index contributed by atoms with van der Waals surface area (Å²) >= 11 is 2.10. The molecular weight excluding hydrogens is 214 g/mol. The van der Waals surface area contributed by atoms with Crippen LogP contribution in [0.4, 0.5) is 0 Å². The van der Waals surface area contributed by atoms with Crippen molar-refractivity contribution in [2.75, 3.05) is 12.8 Å². The zero-order chi connectivity index (χ0) is 11.9. The van der Waals surface area contributed by atoms with Gasteiger partial charge in [-0.25, -0.2) is 0 Å². The summed E-state index contributed by atoms with van der Waals surface area (Å²) in [6, 6.07) is 0.764. The molecule has 0 aliphatic heterocycles. The van der Waals surface area contributed by atoms with Crippen LogP contribution >= 0.6 is 11.8 Å². The minimum atomic E-state index is 0.569. The highest BCUT2D eigenvalue weighted by Gasteiger charge is 2.32. The monoisotopic (exact) mass is 243 g/mol. The lowest BCUT2D eigenvalue weighted by Crippen LogP contribution is -2.40. The molecule has 0 unspecified atom stereocenters. The van der Waals surface area contributed by atoms with Gasteiger partial charge in [0.2, 0.25) is 0 Å². The molecule has 0 heterocycles. The Hall–Kier alpha value is 0.310. The normalized spacial score (nSPS) is 19.5. The van der Waals surface area contributed by atoms with Gasteiger partial charge in [0.1, 0.15) is 0 Å². The molecule has 0 atom stereocenters. The van der Waals surface area contributed by atoms with E-state index in [0.717, 1.165) is 6.04 Å². The molecule has 1 aliphatic carbocycles. The van der Waals surface area contributed by atoms with Gasteiger partial charge in [0.05, 0.1) is 0 Å². The van der Waals surface area contributed by atoms with Crippen molar-refractivity contribution in [1.29, 1.82) is 0 Å². The van der Waals surface area contributed by atoms with Crippen molar-refractivity contribution in [2.24, 2.45) is 0 Å². The zero-order valence-electron chi connectivity index (χ0n) is 11.3. The van der Waals surface area contributed by atoms with E-state index >= 15 is 0 Å². The molecule has 0 radical (unpaired) electrons. The Kier molecular flexibility index (Phi) is 6.83. The van der Waals surface area contributed by atoms with Crippen LogP contribution in [0.15, 0.2) is 0 Å². The Morgan fingerprint density at radius 3 is 2.12 bits per heavy atom. The predicted octanol–water partition coefficient (Wildman–Crippen LogP) is 4.22. The number of nitrogens with one attached hydrogen (secondary N) is 1. The van der Waals surface area contributed by atoms with Gasteiger partial charge in [-0.1, -0.05) is 39.5 Å². The van der Waals surface area contributed by atoms with Crippen LogP contribution in [0.1, 0.15) is 65.2 Å². The van der Waals surface area contributed by atoms with Crippen molar-refractivity contribution >= 4 is 11.8 Å². The summed E-state index contributed by atoms with van der Waals surface area (Å²) in [5, 5.41) is 3.83. The standard InChI is InChI=1S/C14H29NS/c1-4-8-13(9-5-2)15-12-14(16-3)10-6-7-11-14/h13,15H,4-12H2,1-3H3. The van der Waals surface area contributed by atoms with E-state index in [1.807, 2.05) is 0 Å². The van der Waals surface area contributed by atoms with Gasteiger partial charge < -0.3 is 5.32 Å². The number of hydrogen-bond acceptors (Lipinski definition) is 2. The molecule has 1 saturated carbocycles. The molecule has 16 heavy (non-hydrogen) atoms. The summed E-state index contributed by atoms with van der Waals surface area (Å²) in [6.07, 6.45) is 13.3. The summed E-state index contributed by atoms with van der Waals surface area (Å²) in [5.74, 6) is 0. The van der Waals surface area contributed by atoms with E-state index in [0.29, 0.717) is 4.75 Å². The largest absolute Gasteiger partial charge is 0.313 e. The van der Waals surface area contributed by atoms with Crippen LogP contribution in [0.2, 0.25) is 0 Å². The predicted molar refractivity (Wildman–Crippen MR) is 76.3 cm³/mol. The van der Waals surface area contributed by atoms with Crippen LogP contribution in [0.25, 0.3) is 0 Å². The second-order valence-electron chi connectivity index (χ2n) is 5.25. The lowest BCUT2D eigenvalue weighted by atomic mass is 10.0. The van der Waals surface area contributed by atoms with E-state index in [1.165, 1.54) is 57.9 Å². The lowest BCUT2D eigenvalue weighted by Gasteiger charge is -2.30. The summed E-state index contributed by atoms with van der Waals surface area (Å²) < 4.78 is 0.569. The van der Waals surface area contributed by atoms with Gasteiger partial charge in [0.25, 0.3) is 0 Å². The first-order valence-corrected chi connectivity index (χ1v) is 8.27. The third-order valence-corrected chi connectivity index (χ3v) is 5.35. The highest BCUT2D eigenvalue weighted by atomic mass is 32.2. The van der Waals surface area contributed by atoms with Gasteiger partial charge in [0, 0.05) is 17.3 Å². The molecule has 1 aliphatic rings. The van der Waals surface area contributed by atoms with E-state index in [9.17, 15) is 0 Å². The van der Waals surface area contributed by atoms with Gasteiger partial charge >= 0.3 is 0 Å². The number of hydrogen-bond donors (Lipinski definition) is 1. The van der Waals surface area contributed by atoms with Gasteiger partial charge in [-0.05, 0) is 31.9 Å². The first kappa shape index (κ1) is 14.4. The number of thioether (sulfide) groups is 1. The van der Waals surface area contributed by atoms with Crippen molar-refractivity contribution in [2.45, 2.75) is 76.0 Å². The second-order valence-corrected chi connectivity index (χ2v) is 6.52. The molecule has 1 rings (SSSR count). The third-order valence-electron chi connectivity index (χ3n) is 3.93. The molecule has 0 bridgehead atoms. The Morgan fingerprint density at radius 1 is 1.12 bits per heavy atom. The fourth-order valence-electron chi connectivity index (χ4n) is 2.85. The van der Waals surface area contributed by atoms with E-state index in [1.54, 1.807) is 0 Å². The van der Waals surface area contributed by atoms with Gasteiger partial charge in [-0.15, -0.1) is 0 Å². The lowest BCUT2D eigenvalue weighted by molar-refractivity contribution is 0.412. The third kappa shape index (κ3) is 4.29. The van der Waals surface area contributed by atoms with Crippen LogP contribution in [0.5, 0.6) is 0 Å². The average Bonchev–Trinajstić information content (AvgIpc) is 2.76. The SMILES string of the molecule is CCCC(CCC)NCC1(SC)CCCC1. The van der Waals surface area contributed by atoms with Crippen LogP contribution < -0.4 is 5.32 Å². The first-order valence-electron chi connectivity index (χ1n) is 7.05. The van der Waals surface area contributed by atoms with Crippen LogP contribution in [-0.2, 0) is 0 Å². The van der Waals surface area contributed by atoms with Gasteiger partial charge in [0.15, 0.2) is 0 Å². The number of rotatable bonds is 8. The fourth-order valence-corrected chi connectivity index (χ4v) is 3.77. The average molecular weight is 243 g/mol. The second kappa shape index (κ2) is 7.60. The molecule has 2 heteroatoms. The summed E-state index contributed by atoms with van der Waals surface area (Å²) in [5.41, 5.74) is 0. The molecule has 1 N–H and O–H groups in total. The van der Waals surface area contributed by atoms with Crippen LogP contribution in [0.3, 0.4) is 0 Å². The van der Waals surface area contributed by atoms with E-state index in [2.05, 4.69) is 37.2 Å². The Balaban J connectivity index is 2.34. The minimum Gasteiger partial charge on any atom is -0.313 e. The van der Waals surface area contributed by atoms with Crippen LogP contribution in [-0.4, -0.2) is 23.6 Å². The molecular formula is C14H29NS. The van der Waals surface area contributed by atoms with Crippen molar-refractivity contribution in [1.82, 2.24) is 5.32 Å². The molecule has 1 fully saturated rings. The highest BCUT2D eigenvalue weighted by Crippen LogP contribution is 2.39. The quantitative estimate of drug-likeness (QED) is 0.685. The smallest absolute Gasteiger partial charge is 0.0281 e. The Morgan fingerprint density at radius 2 is 1.69 bits per heavy atom. The van der Waals surface area contributed by atoms with Crippen molar-refractivity contribution in [3.8, 4) is 0 Å². The molecule has 0 saturated heterocycles. The van der Waals surface area contributed by atoms with Crippen LogP contribution in [0, 0.1) is 0 Å². The van der Waals surface area contributed by atoms with Gasteiger partial charge in [-0.2, -0.15) is 11.8 Å². The maximum absolute atomic E-state index is 3.83. The Bertz CT molecular complexity index is 170. The van der Waals surface area contributed by atoms with E-state index < -0.39 is 0 Å². The molecule has 0 aromatic heterocycles. The first-order chi connectivity index (χ1) is 7.76. The molecule has 0 aromatic rings. The highest BCUT2D eigenvalue weighted by molar-refractivity contribution is 8.00. The molecule has 96 valence electrons. The van der Waals surface area contributed by atoms with Crippen molar-refractivity contribution in [3.05, 3.63) is 0 Å². The molecule has 0 aromatic carbocycles. The maximum Gasteiger partial charge on any atom is 0.0281 e. The van der Waals surface area contributed by atoms with Crippen molar-refractivity contribution < 1.29 is 0 Å². The zero-order valence-corrected chi connectivity index (χ0v) is 12.2. The summed E-state index contributed by atoms with van der Waals surface area (Å²) in [4.78, 5) is 0. The summed E-state index contributed by atoms with van der Waals surface area (Å²) in [6.45, 7) is 5.83. The molecule has 0 amide bonds. The fraction of sp³-hybridized carbons (Fsp3) is 1.00. The minimum absolute atomic E-state index is 0.569. The Labute approximate surface area is 106 Å². The van der Waals surface area contributed by atoms with E-state index in [-0.39, 0.29) is 0 Å². The molecule has 1 nitrogen and oxygen atoms in total. The topological polar surface area (TPSA) is 12.0 Å². The summed E-state index contributed by atoms with van der Waals surface area (Å²) in [7, 11) is 0. The van der Waals surface area contributed by atoms with E-state index in [4.69, 9.17) is 0 Å². The van der Waals surface area contributed by atoms with Crippen molar-refractivity contribution in [3.63, 3.8) is 0 Å². The molecule has 0 spiro atoms. The maximum atomic E-state index is 3.83. The van der Waals surface area contributed by atoms with Gasteiger partial charge in [-0.3, -0.25) is 0 Å².